The molecule has 1 N–H and O–H groups in total. The molecule has 3 aromatic rings. The number of nitrogens with zero attached hydrogens (tertiary/aromatic N) is 3. The van der Waals surface area contributed by atoms with Gasteiger partial charge < -0.3 is 14.4 Å². The van der Waals surface area contributed by atoms with Gasteiger partial charge in [0.05, 0.1) is 17.7 Å². The minimum Gasteiger partial charge on any atom is -0.391 e. The lowest BCUT2D eigenvalue weighted by Gasteiger charge is -2.25. The van der Waals surface area contributed by atoms with Crippen LogP contribution in [0.1, 0.15) is 28.4 Å². The first-order chi connectivity index (χ1) is 12.0. The Morgan fingerprint density at radius 1 is 1.24 bits per heavy atom. The molecule has 1 saturated heterocycles. The number of likely N-dealkylation sites (tertiary alicyclic amines) is 1. The van der Waals surface area contributed by atoms with Crippen LogP contribution in [0.25, 0.3) is 5.65 Å². The molecule has 5 nitrogen and oxygen atoms in total. The highest BCUT2D eigenvalue weighted by atomic mass is 19.1. The van der Waals surface area contributed by atoms with Crippen LogP contribution in [0.5, 0.6) is 0 Å². The summed E-state index contributed by atoms with van der Waals surface area (Å²) < 4.78 is 29.4. The molecule has 7 heteroatoms. The Bertz CT molecular complexity index is 956. The van der Waals surface area contributed by atoms with E-state index in [1.807, 2.05) is 0 Å². The number of carbonyl (C=O) groups is 1. The van der Waals surface area contributed by atoms with Crippen LogP contribution < -0.4 is 0 Å². The van der Waals surface area contributed by atoms with Gasteiger partial charge in [0.25, 0.3) is 5.91 Å². The van der Waals surface area contributed by atoms with E-state index in [4.69, 9.17) is 0 Å². The first-order valence-electron chi connectivity index (χ1n) is 7.89. The fourth-order valence-electron chi connectivity index (χ4n) is 3.32. The Kier molecular flexibility index (Phi) is 3.73. The summed E-state index contributed by atoms with van der Waals surface area (Å²) >= 11 is 0. The van der Waals surface area contributed by atoms with Crippen LogP contribution in [0.15, 0.2) is 48.9 Å². The summed E-state index contributed by atoms with van der Waals surface area (Å²) in [6.07, 6.45) is 4.35. The van der Waals surface area contributed by atoms with Crippen LogP contribution in [-0.2, 0) is 0 Å². The van der Waals surface area contributed by atoms with Crippen LogP contribution in [0, 0.1) is 11.6 Å². The third kappa shape index (κ3) is 2.76. The maximum absolute atomic E-state index is 14.2. The van der Waals surface area contributed by atoms with Gasteiger partial charge in [-0.05, 0) is 36.8 Å². The number of imidazole rings is 1. The largest absolute Gasteiger partial charge is 0.391 e. The van der Waals surface area contributed by atoms with Crippen molar-refractivity contribution in [3.05, 3.63) is 71.7 Å². The summed E-state index contributed by atoms with van der Waals surface area (Å²) in [6, 6.07) is 5.78. The molecule has 25 heavy (non-hydrogen) atoms. The smallest absolute Gasteiger partial charge is 0.255 e. The molecule has 1 aliphatic heterocycles. The standard InChI is InChI=1S/C18H15F2N3O2/c19-12-2-3-15(20)14(7-12)16-8-13(24)10-23(16)18(25)11-1-4-17-21-5-6-22(17)9-11/h1-7,9,13,16,24H,8,10H2/t13-,16+/m1/s1. The molecule has 0 bridgehead atoms. The summed E-state index contributed by atoms with van der Waals surface area (Å²) in [7, 11) is 0. The lowest BCUT2D eigenvalue weighted by Crippen LogP contribution is -2.32. The van der Waals surface area contributed by atoms with Crippen molar-refractivity contribution in [2.24, 2.45) is 0 Å². The molecule has 1 fully saturated rings. The number of aliphatic hydroxyl groups is 1. The van der Waals surface area contributed by atoms with E-state index in [0.717, 1.165) is 18.2 Å². The normalized spacial score (nSPS) is 20.4. The molecule has 0 aliphatic carbocycles. The van der Waals surface area contributed by atoms with Gasteiger partial charge in [0.1, 0.15) is 17.3 Å². The molecule has 128 valence electrons. The van der Waals surface area contributed by atoms with Gasteiger partial charge in [0, 0.05) is 30.7 Å². The molecule has 3 heterocycles. The number of aliphatic hydroxyl groups excluding tert-OH is 1. The Labute approximate surface area is 142 Å². The Hall–Kier alpha value is -2.80. The fourth-order valence-corrected chi connectivity index (χ4v) is 3.32. The highest BCUT2D eigenvalue weighted by Crippen LogP contribution is 2.35. The molecule has 2 atom stereocenters. The number of carbonyl (C=O) groups excluding carboxylic acids is 1. The van der Waals surface area contributed by atoms with Crippen molar-refractivity contribution in [3.63, 3.8) is 0 Å². The van der Waals surface area contributed by atoms with E-state index in [-0.39, 0.29) is 24.4 Å². The molecule has 1 aromatic carbocycles. The maximum atomic E-state index is 14.2. The van der Waals surface area contributed by atoms with Gasteiger partial charge in [0.15, 0.2) is 0 Å². The average Bonchev–Trinajstić information content (AvgIpc) is 3.22. The Balaban J connectivity index is 1.71. The van der Waals surface area contributed by atoms with Crippen LogP contribution in [0.4, 0.5) is 8.78 Å². The van der Waals surface area contributed by atoms with E-state index in [1.165, 1.54) is 4.90 Å². The van der Waals surface area contributed by atoms with Gasteiger partial charge in [-0.2, -0.15) is 0 Å². The second-order valence-corrected chi connectivity index (χ2v) is 6.14. The highest BCUT2D eigenvalue weighted by Gasteiger charge is 2.37. The topological polar surface area (TPSA) is 57.8 Å². The monoisotopic (exact) mass is 343 g/mol. The lowest BCUT2D eigenvalue weighted by atomic mass is 10.0. The van der Waals surface area contributed by atoms with E-state index in [1.54, 1.807) is 35.1 Å². The van der Waals surface area contributed by atoms with Gasteiger partial charge in [0.2, 0.25) is 0 Å². The van der Waals surface area contributed by atoms with Crippen LogP contribution in [0.2, 0.25) is 0 Å². The van der Waals surface area contributed by atoms with E-state index in [9.17, 15) is 18.7 Å². The number of rotatable bonds is 2. The van der Waals surface area contributed by atoms with Crippen molar-refractivity contribution >= 4 is 11.6 Å². The third-order valence-corrected chi connectivity index (χ3v) is 4.49. The van der Waals surface area contributed by atoms with Gasteiger partial charge >= 0.3 is 0 Å². The van der Waals surface area contributed by atoms with E-state index < -0.39 is 23.8 Å². The van der Waals surface area contributed by atoms with E-state index in [2.05, 4.69) is 4.98 Å². The number of hydrogen-bond acceptors (Lipinski definition) is 3. The zero-order chi connectivity index (χ0) is 17.6. The van der Waals surface area contributed by atoms with E-state index >= 15 is 0 Å². The highest BCUT2D eigenvalue weighted by molar-refractivity contribution is 5.94. The summed E-state index contributed by atoms with van der Waals surface area (Å²) in [5.41, 5.74) is 1.17. The predicted molar refractivity (Wildman–Crippen MR) is 86.0 cm³/mol. The number of benzene rings is 1. The Morgan fingerprint density at radius 2 is 2.08 bits per heavy atom. The molecule has 1 amide bonds. The van der Waals surface area contributed by atoms with Crippen LogP contribution >= 0.6 is 0 Å². The minimum atomic E-state index is -0.784. The zero-order valence-electron chi connectivity index (χ0n) is 13.1. The van der Waals surface area contributed by atoms with E-state index in [0.29, 0.717) is 11.2 Å². The van der Waals surface area contributed by atoms with Crippen molar-refractivity contribution in [3.8, 4) is 0 Å². The molecule has 0 spiro atoms. The summed E-state index contributed by atoms with van der Waals surface area (Å²) in [4.78, 5) is 18.4. The lowest BCUT2D eigenvalue weighted by molar-refractivity contribution is 0.0713. The Morgan fingerprint density at radius 3 is 2.92 bits per heavy atom. The third-order valence-electron chi connectivity index (χ3n) is 4.49. The SMILES string of the molecule is O=C(c1ccc2nccn2c1)N1C[C@H](O)C[C@H]1c1cc(F)ccc1F. The van der Waals surface area contributed by atoms with Gasteiger partial charge in [-0.15, -0.1) is 0 Å². The number of aromatic nitrogens is 2. The molecule has 4 rings (SSSR count). The number of fused-ring (bicyclic) bond motifs is 1. The first-order valence-corrected chi connectivity index (χ1v) is 7.89. The summed E-state index contributed by atoms with van der Waals surface area (Å²) in [5.74, 6) is -1.52. The molecule has 2 aromatic heterocycles. The number of hydrogen-bond donors (Lipinski definition) is 1. The van der Waals surface area contributed by atoms with Crippen molar-refractivity contribution < 1.29 is 18.7 Å². The first kappa shape index (κ1) is 15.7. The molecule has 0 unspecified atom stereocenters. The van der Waals surface area contributed by atoms with Crippen molar-refractivity contribution in [2.75, 3.05) is 6.54 Å². The van der Waals surface area contributed by atoms with Crippen molar-refractivity contribution in [2.45, 2.75) is 18.6 Å². The number of amides is 1. The van der Waals surface area contributed by atoms with Crippen molar-refractivity contribution in [1.82, 2.24) is 14.3 Å². The number of β-amino-alcohol motifs (C(OH)–C–C–N with tert-alkyl or cyclic N) is 1. The van der Waals surface area contributed by atoms with Crippen LogP contribution in [0.3, 0.4) is 0 Å². The molecular weight excluding hydrogens is 328 g/mol. The maximum Gasteiger partial charge on any atom is 0.255 e. The summed E-state index contributed by atoms with van der Waals surface area (Å²) in [5, 5.41) is 10.0. The van der Waals surface area contributed by atoms with Crippen LogP contribution in [-0.4, -0.2) is 37.9 Å². The molecule has 1 aliphatic rings. The molecule has 0 saturated carbocycles. The van der Waals surface area contributed by atoms with Crippen molar-refractivity contribution in [1.29, 1.82) is 0 Å². The molecule has 0 radical (unpaired) electrons. The van der Waals surface area contributed by atoms with Gasteiger partial charge in [-0.1, -0.05) is 0 Å². The van der Waals surface area contributed by atoms with Gasteiger partial charge in [-0.25, -0.2) is 13.8 Å². The number of halogens is 2. The molecular formula is C18H15F2N3O2. The fraction of sp³-hybridized carbons (Fsp3) is 0.222. The summed E-state index contributed by atoms with van der Waals surface area (Å²) in [6.45, 7) is 0.0709. The quantitative estimate of drug-likeness (QED) is 0.778. The van der Waals surface area contributed by atoms with Gasteiger partial charge in [-0.3, -0.25) is 4.79 Å². The minimum absolute atomic E-state index is 0.0709. The number of pyridine rings is 1. The zero-order valence-corrected chi connectivity index (χ0v) is 13.1. The average molecular weight is 343 g/mol. The second kappa shape index (κ2) is 5.93. The second-order valence-electron chi connectivity index (χ2n) is 6.14. The predicted octanol–water partition coefficient (Wildman–Crippen LogP) is 2.56.